The molecular formula is C11H13IN2O3. The molecule has 0 aliphatic carbocycles. The molecule has 0 aromatic heterocycles. The first-order valence-electron chi connectivity index (χ1n) is 5.05. The third-order valence-electron chi connectivity index (χ3n) is 2.49. The van der Waals surface area contributed by atoms with Gasteiger partial charge in [0, 0.05) is 28.8 Å². The largest absolute Gasteiger partial charge is 0.339 e. The molecule has 0 atom stereocenters. The minimum Gasteiger partial charge on any atom is -0.339 e. The fraction of sp³-hybridized carbons (Fsp3) is 0.364. The van der Waals surface area contributed by atoms with Gasteiger partial charge in [0.1, 0.15) is 0 Å². The summed E-state index contributed by atoms with van der Waals surface area (Å²) in [4.78, 5) is 23.8. The first kappa shape index (κ1) is 13.9. The number of benzene rings is 1. The van der Waals surface area contributed by atoms with Crippen molar-refractivity contribution in [2.24, 2.45) is 0 Å². The van der Waals surface area contributed by atoms with Crippen LogP contribution in [-0.4, -0.2) is 28.8 Å². The molecule has 6 heteroatoms. The molecule has 0 saturated carbocycles. The second-order valence-electron chi connectivity index (χ2n) is 3.93. The fourth-order valence-corrected chi connectivity index (χ4v) is 1.78. The van der Waals surface area contributed by atoms with Crippen LogP contribution >= 0.6 is 22.6 Å². The Balaban J connectivity index is 3.17. The lowest BCUT2D eigenvalue weighted by atomic mass is 10.1. The number of hydrogen-bond acceptors (Lipinski definition) is 3. The first-order valence-corrected chi connectivity index (χ1v) is 6.13. The van der Waals surface area contributed by atoms with Crippen molar-refractivity contribution in [1.29, 1.82) is 0 Å². The highest BCUT2D eigenvalue weighted by atomic mass is 127. The van der Waals surface area contributed by atoms with E-state index in [0.29, 0.717) is 9.13 Å². The third kappa shape index (κ3) is 3.15. The number of carbonyl (C=O) groups is 1. The smallest absolute Gasteiger partial charge is 0.270 e. The van der Waals surface area contributed by atoms with Crippen LogP contribution in [0.2, 0.25) is 0 Å². The Morgan fingerprint density at radius 3 is 2.53 bits per heavy atom. The maximum absolute atomic E-state index is 12.1. The van der Waals surface area contributed by atoms with Crippen LogP contribution in [-0.2, 0) is 0 Å². The maximum Gasteiger partial charge on any atom is 0.270 e. The Morgan fingerprint density at radius 1 is 1.47 bits per heavy atom. The van der Waals surface area contributed by atoms with Crippen LogP contribution in [0.15, 0.2) is 18.2 Å². The van der Waals surface area contributed by atoms with E-state index in [2.05, 4.69) is 0 Å². The van der Waals surface area contributed by atoms with Gasteiger partial charge in [0.2, 0.25) is 0 Å². The molecule has 0 aliphatic heterocycles. The quantitative estimate of drug-likeness (QED) is 0.479. The zero-order valence-electron chi connectivity index (χ0n) is 9.81. The van der Waals surface area contributed by atoms with E-state index < -0.39 is 4.92 Å². The highest BCUT2D eigenvalue weighted by molar-refractivity contribution is 14.1. The zero-order valence-corrected chi connectivity index (χ0v) is 12.0. The number of hydrogen-bond donors (Lipinski definition) is 0. The van der Waals surface area contributed by atoms with Crippen LogP contribution in [0.3, 0.4) is 0 Å². The van der Waals surface area contributed by atoms with Gasteiger partial charge >= 0.3 is 0 Å². The van der Waals surface area contributed by atoms with E-state index >= 15 is 0 Å². The number of carbonyl (C=O) groups excluding carboxylic acids is 1. The van der Waals surface area contributed by atoms with Crippen LogP contribution in [0.4, 0.5) is 5.69 Å². The van der Waals surface area contributed by atoms with E-state index in [4.69, 9.17) is 0 Å². The van der Waals surface area contributed by atoms with E-state index in [1.54, 1.807) is 18.0 Å². The third-order valence-corrected chi connectivity index (χ3v) is 3.43. The van der Waals surface area contributed by atoms with Crippen LogP contribution in [0.1, 0.15) is 24.2 Å². The molecule has 1 rings (SSSR count). The minimum atomic E-state index is -0.498. The van der Waals surface area contributed by atoms with E-state index in [-0.39, 0.29) is 17.6 Å². The van der Waals surface area contributed by atoms with Crippen molar-refractivity contribution in [3.05, 3.63) is 37.4 Å². The van der Waals surface area contributed by atoms with Crippen LogP contribution in [0, 0.1) is 13.7 Å². The average molecular weight is 348 g/mol. The number of non-ortho nitro benzene ring substituents is 1. The number of nitro benzene ring substituents is 1. The number of rotatable bonds is 3. The maximum atomic E-state index is 12.1. The van der Waals surface area contributed by atoms with Gasteiger partial charge in [-0.15, -0.1) is 0 Å². The topological polar surface area (TPSA) is 63.5 Å². The van der Waals surface area contributed by atoms with Crippen LogP contribution in [0.25, 0.3) is 0 Å². The molecule has 0 bridgehead atoms. The summed E-state index contributed by atoms with van der Waals surface area (Å²) in [6, 6.07) is 4.36. The summed E-state index contributed by atoms with van der Waals surface area (Å²) in [5.74, 6) is -0.201. The van der Waals surface area contributed by atoms with Crippen molar-refractivity contribution < 1.29 is 9.72 Å². The highest BCUT2D eigenvalue weighted by Crippen LogP contribution is 2.21. The summed E-state index contributed by atoms with van der Waals surface area (Å²) in [5.41, 5.74) is 0.307. The second kappa shape index (κ2) is 5.44. The molecular weight excluding hydrogens is 335 g/mol. The van der Waals surface area contributed by atoms with Gasteiger partial charge in [-0.2, -0.15) is 0 Å². The molecule has 1 aromatic carbocycles. The summed E-state index contributed by atoms with van der Waals surface area (Å²) >= 11 is 2.00. The first-order chi connectivity index (χ1) is 7.84. The lowest BCUT2D eigenvalue weighted by Crippen LogP contribution is -2.33. The molecule has 17 heavy (non-hydrogen) atoms. The summed E-state index contributed by atoms with van der Waals surface area (Å²) < 4.78 is 0.714. The molecule has 0 fully saturated rings. The van der Waals surface area contributed by atoms with Crippen molar-refractivity contribution in [2.75, 3.05) is 7.05 Å². The summed E-state index contributed by atoms with van der Waals surface area (Å²) in [5, 5.41) is 10.7. The predicted molar refractivity (Wildman–Crippen MR) is 73.0 cm³/mol. The van der Waals surface area contributed by atoms with Crippen molar-refractivity contribution >= 4 is 34.2 Å². The molecule has 0 heterocycles. The Kier molecular flexibility index (Phi) is 4.44. The van der Waals surface area contributed by atoms with Crippen LogP contribution in [0.5, 0.6) is 0 Å². The molecule has 0 unspecified atom stereocenters. The van der Waals surface area contributed by atoms with E-state index in [1.165, 1.54) is 12.1 Å². The fourth-order valence-electron chi connectivity index (χ4n) is 1.22. The van der Waals surface area contributed by atoms with Crippen molar-refractivity contribution in [1.82, 2.24) is 4.90 Å². The second-order valence-corrected chi connectivity index (χ2v) is 5.09. The highest BCUT2D eigenvalue weighted by Gasteiger charge is 2.19. The van der Waals surface area contributed by atoms with Gasteiger partial charge < -0.3 is 4.90 Å². The molecule has 0 radical (unpaired) electrons. The molecule has 0 N–H and O–H groups in total. The standard InChI is InChI=1S/C11H13IN2O3/c1-7(2)13(3)11(15)9-6-8(14(16)17)4-5-10(9)12/h4-7H,1-3H3. The zero-order chi connectivity index (χ0) is 13.2. The Hall–Kier alpha value is -1.18. The van der Waals surface area contributed by atoms with Gasteiger partial charge in [0.25, 0.3) is 11.6 Å². The Morgan fingerprint density at radius 2 is 2.06 bits per heavy atom. The Labute approximate surface area is 113 Å². The monoisotopic (exact) mass is 348 g/mol. The molecule has 0 spiro atoms. The van der Waals surface area contributed by atoms with E-state index in [0.717, 1.165) is 0 Å². The van der Waals surface area contributed by atoms with Gasteiger partial charge in [-0.05, 0) is 42.5 Å². The summed E-state index contributed by atoms with van der Waals surface area (Å²) in [6.45, 7) is 3.78. The Bertz CT molecular complexity index is 460. The van der Waals surface area contributed by atoms with Gasteiger partial charge in [-0.25, -0.2) is 0 Å². The number of halogens is 1. The SMILES string of the molecule is CC(C)N(C)C(=O)c1cc([N+](=O)[O-])ccc1I. The molecule has 5 nitrogen and oxygen atoms in total. The van der Waals surface area contributed by atoms with Gasteiger partial charge in [-0.3, -0.25) is 14.9 Å². The molecule has 1 aromatic rings. The number of nitro groups is 1. The molecule has 0 saturated heterocycles. The lowest BCUT2D eigenvalue weighted by Gasteiger charge is -2.21. The van der Waals surface area contributed by atoms with E-state index in [9.17, 15) is 14.9 Å². The minimum absolute atomic E-state index is 0.0533. The molecule has 0 aliphatic rings. The van der Waals surface area contributed by atoms with Crippen molar-refractivity contribution in [2.45, 2.75) is 19.9 Å². The number of nitrogens with zero attached hydrogens (tertiary/aromatic N) is 2. The molecule has 92 valence electrons. The lowest BCUT2D eigenvalue weighted by molar-refractivity contribution is -0.384. The number of amides is 1. The summed E-state index contributed by atoms with van der Waals surface area (Å²) in [7, 11) is 1.68. The van der Waals surface area contributed by atoms with Crippen LogP contribution < -0.4 is 0 Å². The van der Waals surface area contributed by atoms with Crippen molar-refractivity contribution in [3.63, 3.8) is 0 Å². The molecule has 1 amide bonds. The van der Waals surface area contributed by atoms with Crippen molar-refractivity contribution in [3.8, 4) is 0 Å². The summed E-state index contributed by atoms with van der Waals surface area (Å²) in [6.07, 6.45) is 0. The van der Waals surface area contributed by atoms with Gasteiger partial charge in [-0.1, -0.05) is 0 Å². The van der Waals surface area contributed by atoms with E-state index in [1.807, 2.05) is 36.4 Å². The van der Waals surface area contributed by atoms with Gasteiger partial charge in [0.05, 0.1) is 10.5 Å². The normalized spacial score (nSPS) is 10.4. The average Bonchev–Trinajstić information content (AvgIpc) is 2.27. The van der Waals surface area contributed by atoms with Gasteiger partial charge in [0.15, 0.2) is 0 Å². The predicted octanol–water partition coefficient (Wildman–Crippen LogP) is 2.68.